The van der Waals surface area contributed by atoms with Gasteiger partial charge in [-0.1, -0.05) is 6.55 Å². The Labute approximate surface area is 124 Å². The van der Waals surface area contributed by atoms with E-state index in [1.54, 1.807) is 0 Å². The van der Waals surface area contributed by atoms with E-state index in [4.69, 9.17) is 12.3 Å². The minimum Gasteiger partial charge on any atom is -0.466 e. The summed E-state index contributed by atoms with van der Waals surface area (Å²) in [5.74, 6) is 0. The Morgan fingerprint density at radius 1 is 0.765 bits per heavy atom. The maximum Gasteiger partial charge on any atom is 0.156 e. The van der Waals surface area contributed by atoms with Crippen LogP contribution in [0.15, 0.2) is 0 Å². The minimum atomic E-state index is -0.592. The summed E-state index contributed by atoms with van der Waals surface area (Å²) >= 11 is 0. The Balaban J connectivity index is -0.000000177. The van der Waals surface area contributed by atoms with E-state index >= 15 is 0 Å². The maximum atomic E-state index is 5.53. The van der Waals surface area contributed by atoms with Crippen molar-refractivity contribution < 1.29 is 12.3 Å². The van der Waals surface area contributed by atoms with E-state index in [1.807, 2.05) is 0 Å². The van der Waals surface area contributed by atoms with Crippen LogP contribution in [0.1, 0.15) is 0 Å². The quantitative estimate of drug-likeness (QED) is 0.517. The van der Waals surface area contributed by atoms with E-state index in [-0.39, 0.29) is 9.28 Å². The lowest BCUT2D eigenvalue weighted by atomic mass is 11.9. The van der Waals surface area contributed by atoms with Crippen molar-refractivity contribution in [3.8, 4) is 0 Å². The van der Waals surface area contributed by atoms with E-state index in [9.17, 15) is 0 Å². The Kier molecular flexibility index (Phi) is 27.3. The van der Waals surface area contributed by atoms with Crippen LogP contribution in [0.5, 0.6) is 0 Å². The van der Waals surface area contributed by atoms with Gasteiger partial charge in [-0.25, -0.2) is 0 Å². The van der Waals surface area contributed by atoms with Gasteiger partial charge >= 0.3 is 0 Å². The Morgan fingerprint density at radius 2 is 1.06 bits per heavy atom. The second-order valence-corrected chi connectivity index (χ2v) is 21.5. The SMILES string of the molecule is C[SiH2][SiH2]O[SiH](C)C.C[SiH](C)O[SiH3].C[SiH](C)O[SiH3]. The molecule has 0 heterocycles. The van der Waals surface area contributed by atoms with Crippen molar-refractivity contribution in [1.29, 1.82) is 0 Å². The Bertz CT molecular complexity index is 118. The smallest absolute Gasteiger partial charge is 0.156 e. The largest absolute Gasteiger partial charge is 0.466 e. The van der Waals surface area contributed by atoms with Crippen molar-refractivity contribution in [1.82, 2.24) is 0 Å². The highest BCUT2D eigenvalue weighted by atomic mass is 29.2. The topological polar surface area (TPSA) is 27.7 Å². The van der Waals surface area contributed by atoms with Crippen molar-refractivity contribution in [3.05, 3.63) is 0 Å². The average Bonchev–Trinajstić information content (AvgIpc) is 2.27. The van der Waals surface area contributed by atoms with Gasteiger partial charge in [0.25, 0.3) is 0 Å². The molecule has 3 nitrogen and oxygen atoms in total. The van der Waals surface area contributed by atoms with Gasteiger partial charge in [-0.05, 0) is 39.3 Å². The molecule has 0 unspecified atom stereocenters. The van der Waals surface area contributed by atoms with E-state index in [1.165, 1.54) is 0 Å². The summed E-state index contributed by atoms with van der Waals surface area (Å²) in [5.41, 5.74) is 0. The normalized spacial score (nSPS) is 11.6. The fourth-order valence-electron chi connectivity index (χ4n) is 0.354. The fourth-order valence-corrected chi connectivity index (χ4v) is 9.55. The van der Waals surface area contributed by atoms with Crippen LogP contribution in [0.4, 0.5) is 0 Å². The zero-order chi connectivity index (χ0) is 14.3. The van der Waals surface area contributed by atoms with Crippen LogP contribution in [0.2, 0.25) is 45.8 Å². The predicted molar refractivity (Wildman–Crippen MR) is 103 cm³/mol. The van der Waals surface area contributed by atoms with Gasteiger partial charge in [0, 0.05) is 9.04 Å². The third kappa shape index (κ3) is 46.7. The molecular formula is C7H34O3Si7. The summed E-state index contributed by atoms with van der Waals surface area (Å²) in [6, 6.07) is 0. The van der Waals surface area contributed by atoms with Gasteiger partial charge in [0.05, 0.1) is 0 Å². The van der Waals surface area contributed by atoms with Crippen LogP contribution >= 0.6 is 0 Å². The Hall–Kier alpha value is 1.40. The second kappa shape index (κ2) is 19.7. The highest BCUT2D eigenvalue weighted by Gasteiger charge is 1.90. The minimum absolute atomic E-state index is 0.0748. The van der Waals surface area contributed by atoms with Gasteiger partial charge in [-0.2, -0.15) is 0 Å². The highest BCUT2D eigenvalue weighted by molar-refractivity contribution is 6.98. The van der Waals surface area contributed by atoms with Crippen LogP contribution in [0.25, 0.3) is 0 Å². The van der Waals surface area contributed by atoms with E-state index in [0.717, 1.165) is 21.0 Å². The van der Waals surface area contributed by atoms with Crippen molar-refractivity contribution in [2.45, 2.75) is 45.8 Å². The molecule has 17 heavy (non-hydrogen) atoms. The van der Waals surface area contributed by atoms with Gasteiger partial charge in [-0.3, -0.25) is 0 Å². The molecule has 0 rings (SSSR count). The standard InChI is InChI=1S/C3H14OSi3.2C2H10OSi2/c1-5-6-4-7(2)3;2*1-5(2)3-4/h7H,5-6H2,1-3H3;2*5H,1-2,4H3. The van der Waals surface area contributed by atoms with Gasteiger partial charge in [0.15, 0.2) is 27.1 Å². The van der Waals surface area contributed by atoms with Crippen LogP contribution in [0.3, 0.4) is 0 Å². The van der Waals surface area contributed by atoms with Crippen molar-refractivity contribution >= 4 is 66.4 Å². The first-order valence-electron chi connectivity index (χ1n) is 6.48. The summed E-state index contributed by atoms with van der Waals surface area (Å²) in [6.07, 6.45) is 0. The van der Waals surface area contributed by atoms with Crippen LogP contribution in [0, 0.1) is 0 Å². The summed E-state index contributed by atoms with van der Waals surface area (Å²) in [5, 5.41) is 0. The van der Waals surface area contributed by atoms with Crippen molar-refractivity contribution in [2.75, 3.05) is 0 Å². The lowest BCUT2D eigenvalue weighted by molar-refractivity contribution is 0.640. The van der Waals surface area contributed by atoms with Crippen molar-refractivity contribution in [2.24, 2.45) is 0 Å². The molecule has 0 atom stereocenters. The van der Waals surface area contributed by atoms with Gasteiger partial charge in [0.1, 0.15) is 30.3 Å². The number of hydrogen-bond donors (Lipinski definition) is 0. The summed E-state index contributed by atoms with van der Waals surface area (Å²) < 4.78 is 15.6. The molecule has 0 bridgehead atoms. The molecule has 0 amide bonds. The average molecular weight is 363 g/mol. The zero-order valence-electron chi connectivity index (χ0n) is 13.4. The monoisotopic (exact) mass is 362 g/mol. The van der Waals surface area contributed by atoms with E-state index < -0.39 is 27.1 Å². The summed E-state index contributed by atoms with van der Waals surface area (Å²) in [7, 11) is 0.500. The number of hydrogen-bond acceptors (Lipinski definition) is 3. The van der Waals surface area contributed by atoms with E-state index in [0.29, 0.717) is 9.04 Å². The lowest BCUT2D eigenvalue weighted by Gasteiger charge is -2.01. The molecule has 0 aromatic heterocycles. The van der Waals surface area contributed by atoms with Crippen LogP contribution in [-0.2, 0) is 12.3 Å². The molecule has 0 spiro atoms. The zero-order valence-corrected chi connectivity index (χ0v) is 23.7. The van der Waals surface area contributed by atoms with Crippen molar-refractivity contribution in [3.63, 3.8) is 0 Å². The van der Waals surface area contributed by atoms with Gasteiger partial charge in [0.2, 0.25) is 0 Å². The predicted octanol–water partition coefficient (Wildman–Crippen LogP) is -2.26. The summed E-state index contributed by atoms with van der Waals surface area (Å²) in [4.78, 5) is 0. The number of rotatable bonds is 5. The first-order chi connectivity index (χ1) is 7.81. The third-order valence-corrected chi connectivity index (χ3v) is 16.5. The highest BCUT2D eigenvalue weighted by Crippen LogP contribution is 1.77. The molecule has 0 aromatic carbocycles. The molecule has 0 radical (unpaired) electrons. The Morgan fingerprint density at radius 3 is 1.12 bits per heavy atom. The molecule has 0 saturated heterocycles. The van der Waals surface area contributed by atoms with E-state index in [2.05, 4.69) is 45.8 Å². The first-order valence-corrected chi connectivity index (χ1v) is 22.5. The lowest BCUT2D eigenvalue weighted by Crippen LogP contribution is -2.14. The summed E-state index contributed by atoms with van der Waals surface area (Å²) in [6.45, 7) is 15.5. The maximum absolute atomic E-state index is 5.53. The molecule has 10 heteroatoms. The molecule has 0 aliphatic heterocycles. The second-order valence-electron chi connectivity index (χ2n) is 4.49. The molecule has 0 saturated carbocycles. The van der Waals surface area contributed by atoms with Crippen LogP contribution < -0.4 is 0 Å². The molecule has 0 fully saturated rings. The molecule has 0 aliphatic rings. The molecule has 0 aromatic rings. The molecule has 0 aliphatic carbocycles. The third-order valence-electron chi connectivity index (χ3n) is 1.60. The molecule has 0 N–H and O–H groups in total. The van der Waals surface area contributed by atoms with Gasteiger partial charge < -0.3 is 12.3 Å². The first kappa shape index (κ1) is 23.5. The molecule has 108 valence electrons. The van der Waals surface area contributed by atoms with Crippen LogP contribution in [-0.4, -0.2) is 66.4 Å². The molecular weight excluding hydrogens is 329 g/mol. The fraction of sp³-hybridized carbons (Fsp3) is 1.00. The van der Waals surface area contributed by atoms with Gasteiger partial charge in [-0.15, -0.1) is 0 Å².